The summed E-state index contributed by atoms with van der Waals surface area (Å²) in [6.45, 7) is 1.12. The van der Waals surface area contributed by atoms with E-state index in [1.165, 1.54) is 6.07 Å². The molecule has 9 heteroatoms. The first-order valence-electron chi connectivity index (χ1n) is 9.26. The molecule has 0 saturated carbocycles. The van der Waals surface area contributed by atoms with E-state index in [0.29, 0.717) is 23.5 Å². The van der Waals surface area contributed by atoms with Crippen LogP contribution < -0.4 is 20.7 Å². The van der Waals surface area contributed by atoms with Gasteiger partial charge in [0.05, 0.1) is 0 Å². The van der Waals surface area contributed by atoms with Gasteiger partial charge in [0.15, 0.2) is 13.2 Å². The lowest BCUT2D eigenvalue weighted by molar-refractivity contribution is -0.147. The third kappa shape index (κ3) is 8.01. The Kier molecular flexibility index (Phi) is 8.85. The van der Waals surface area contributed by atoms with Gasteiger partial charge in [-0.25, -0.2) is 0 Å². The number of carbonyl (C=O) groups is 4. The zero-order valence-corrected chi connectivity index (χ0v) is 16.5. The van der Waals surface area contributed by atoms with Crippen molar-refractivity contribution in [1.82, 2.24) is 10.6 Å². The molecular weight excluding hydrogens is 390 g/mol. The van der Waals surface area contributed by atoms with E-state index < -0.39 is 30.9 Å². The van der Waals surface area contributed by atoms with Gasteiger partial charge in [0, 0.05) is 17.8 Å². The molecule has 0 aliphatic rings. The lowest BCUT2D eigenvalue weighted by Crippen LogP contribution is -2.35. The van der Waals surface area contributed by atoms with Crippen molar-refractivity contribution in [2.75, 3.05) is 31.6 Å². The number of hydrogen-bond donors (Lipinski definition) is 3. The van der Waals surface area contributed by atoms with Crippen LogP contribution in [0.2, 0.25) is 0 Å². The Hall–Kier alpha value is -3.88. The average molecular weight is 413 g/mol. The molecule has 0 spiro atoms. The Bertz CT molecular complexity index is 885. The van der Waals surface area contributed by atoms with Crippen molar-refractivity contribution in [3.05, 3.63) is 60.2 Å². The summed E-state index contributed by atoms with van der Waals surface area (Å²) in [5.74, 6) is -1.57. The Labute approximate surface area is 173 Å². The highest BCUT2D eigenvalue weighted by molar-refractivity contribution is 5.97. The van der Waals surface area contributed by atoms with Gasteiger partial charge in [-0.3, -0.25) is 19.2 Å². The largest absolute Gasteiger partial charge is 0.484 e. The number of esters is 1. The first-order chi connectivity index (χ1) is 14.5. The number of para-hydroxylation sites is 1. The predicted molar refractivity (Wildman–Crippen MR) is 109 cm³/mol. The molecule has 9 nitrogen and oxygen atoms in total. The summed E-state index contributed by atoms with van der Waals surface area (Å²) in [6.07, 6.45) is 0. The molecule has 0 atom stereocenters. The van der Waals surface area contributed by atoms with Crippen LogP contribution in [0.3, 0.4) is 0 Å². The highest BCUT2D eigenvalue weighted by atomic mass is 16.5. The van der Waals surface area contributed by atoms with E-state index in [0.717, 1.165) is 0 Å². The summed E-state index contributed by atoms with van der Waals surface area (Å²) in [6, 6.07) is 15.1. The SMILES string of the molecule is CCNC(=O)c1cccc(NC(=O)COC(=O)CNC(=O)COc2ccccc2)c1. The Morgan fingerprint density at radius 2 is 1.63 bits per heavy atom. The minimum absolute atomic E-state index is 0.250. The van der Waals surface area contributed by atoms with Crippen LogP contribution in [0, 0.1) is 0 Å². The molecule has 0 heterocycles. The van der Waals surface area contributed by atoms with Gasteiger partial charge in [-0.15, -0.1) is 0 Å². The molecule has 2 rings (SSSR count). The molecule has 2 aromatic rings. The van der Waals surface area contributed by atoms with Crippen LogP contribution in [0.4, 0.5) is 5.69 Å². The van der Waals surface area contributed by atoms with E-state index in [1.807, 2.05) is 6.07 Å². The van der Waals surface area contributed by atoms with Crippen LogP contribution >= 0.6 is 0 Å². The van der Waals surface area contributed by atoms with Gasteiger partial charge in [-0.1, -0.05) is 24.3 Å². The maximum atomic E-state index is 11.9. The molecule has 2 aromatic carbocycles. The van der Waals surface area contributed by atoms with Crippen molar-refractivity contribution < 1.29 is 28.7 Å². The van der Waals surface area contributed by atoms with Crippen LogP contribution in [0.25, 0.3) is 0 Å². The first-order valence-corrected chi connectivity index (χ1v) is 9.26. The van der Waals surface area contributed by atoms with Crippen LogP contribution in [0.15, 0.2) is 54.6 Å². The Morgan fingerprint density at radius 1 is 0.867 bits per heavy atom. The van der Waals surface area contributed by atoms with Crippen LogP contribution in [-0.4, -0.2) is 50.0 Å². The zero-order chi connectivity index (χ0) is 21.8. The van der Waals surface area contributed by atoms with Gasteiger partial charge in [0.2, 0.25) is 0 Å². The smallest absolute Gasteiger partial charge is 0.325 e. The van der Waals surface area contributed by atoms with E-state index in [9.17, 15) is 19.2 Å². The topological polar surface area (TPSA) is 123 Å². The molecule has 0 bridgehead atoms. The highest BCUT2D eigenvalue weighted by Crippen LogP contribution is 2.10. The van der Waals surface area contributed by atoms with Gasteiger partial charge in [0.1, 0.15) is 12.3 Å². The highest BCUT2D eigenvalue weighted by Gasteiger charge is 2.11. The number of nitrogens with one attached hydrogen (secondary N) is 3. The number of amides is 3. The molecule has 0 saturated heterocycles. The first kappa shape index (κ1) is 22.4. The number of anilines is 1. The lowest BCUT2D eigenvalue weighted by atomic mass is 10.2. The van der Waals surface area contributed by atoms with Crippen LogP contribution in [-0.2, 0) is 19.1 Å². The average Bonchev–Trinajstić information content (AvgIpc) is 2.76. The molecular formula is C21H23N3O6. The summed E-state index contributed by atoms with van der Waals surface area (Å²) in [5.41, 5.74) is 0.790. The molecule has 0 radical (unpaired) electrons. The molecule has 0 aliphatic heterocycles. The zero-order valence-electron chi connectivity index (χ0n) is 16.5. The van der Waals surface area contributed by atoms with Gasteiger partial charge in [-0.05, 0) is 37.3 Å². The monoisotopic (exact) mass is 413 g/mol. The van der Waals surface area contributed by atoms with E-state index in [1.54, 1.807) is 49.4 Å². The van der Waals surface area contributed by atoms with E-state index >= 15 is 0 Å². The quantitative estimate of drug-likeness (QED) is 0.502. The van der Waals surface area contributed by atoms with Crippen molar-refractivity contribution in [2.24, 2.45) is 0 Å². The van der Waals surface area contributed by atoms with Crippen molar-refractivity contribution in [3.63, 3.8) is 0 Å². The molecule has 0 unspecified atom stereocenters. The number of hydrogen-bond acceptors (Lipinski definition) is 6. The standard InChI is InChI=1S/C21H23N3O6/c1-2-22-21(28)15-7-6-8-16(11-15)24-19(26)14-30-20(27)12-23-18(25)13-29-17-9-4-3-5-10-17/h3-11H,2,12-14H2,1H3,(H,22,28)(H,23,25)(H,24,26). The maximum absolute atomic E-state index is 11.9. The van der Waals surface area contributed by atoms with Gasteiger partial charge >= 0.3 is 5.97 Å². The van der Waals surface area contributed by atoms with Crippen molar-refractivity contribution in [1.29, 1.82) is 0 Å². The number of carbonyl (C=O) groups excluding carboxylic acids is 4. The van der Waals surface area contributed by atoms with E-state index in [4.69, 9.17) is 9.47 Å². The summed E-state index contributed by atoms with van der Waals surface area (Å²) in [7, 11) is 0. The van der Waals surface area contributed by atoms with E-state index in [2.05, 4.69) is 16.0 Å². The number of ether oxygens (including phenoxy) is 2. The molecule has 0 fully saturated rings. The minimum atomic E-state index is -0.769. The number of benzene rings is 2. The second kappa shape index (κ2) is 11.8. The third-order valence-electron chi connectivity index (χ3n) is 3.65. The summed E-state index contributed by atoms with van der Waals surface area (Å²) in [4.78, 5) is 47.1. The van der Waals surface area contributed by atoms with Gasteiger partial charge < -0.3 is 25.4 Å². The Morgan fingerprint density at radius 3 is 2.37 bits per heavy atom. The lowest BCUT2D eigenvalue weighted by Gasteiger charge is -2.09. The molecule has 3 N–H and O–H groups in total. The minimum Gasteiger partial charge on any atom is -0.484 e. The van der Waals surface area contributed by atoms with Gasteiger partial charge in [0.25, 0.3) is 17.7 Å². The fourth-order valence-electron chi connectivity index (χ4n) is 2.28. The molecule has 0 aliphatic carbocycles. The summed E-state index contributed by atoms with van der Waals surface area (Å²) < 4.78 is 10.1. The van der Waals surface area contributed by atoms with Crippen molar-refractivity contribution in [3.8, 4) is 5.75 Å². The second-order valence-electron chi connectivity index (χ2n) is 6.03. The van der Waals surface area contributed by atoms with Crippen LogP contribution in [0.5, 0.6) is 5.75 Å². The van der Waals surface area contributed by atoms with E-state index in [-0.39, 0.29) is 12.5 Å². The molecule has 158 valence electrons. The summed E-state index contributed by atoms with van der Waals surface area (Å²) >= 11 is 0. The van der Waals surface area contributed by atoms with Crippen LogP contribution in [0.1, 0.15) is 17.3 Å². The van der Waals surface area contributed by atoms with Gasteiger partial charge in [-0.2, -0.15) is 0 Å². The normalized spacial score (nSPS) is 9.90. The number of rotatable bonds is 10. The third-order valence-corrected chi connectivity index (χ3v) is 3.65. The maximum Gasteiger partial charge on any atom is 0.325 e. The van der Waals surface area contributed by atoms with Crippen molar-refractivity contribution >= 4 is 29.4 Å². The molecule has 3 amide bonds. The fourth-order valence-corrected chi connectivity index (χ4v) is 2.28. The predicted octanol–water partition coefficient (Wildman–Crippen LogP) is 1.11. The fraction of sp³-hybridized carbons (Fsp3) is 0.238. The molecule has 30 heavy (non-hydrogen) atoms. The Balaban J connectivity index is 1.68. The summed E-state index contributed by atoms with van der Waals surface area (Å²) in [5, 5.41) is 7.54. The second-order valence-corrected chi connectivity index (χ2v) is 6.03. The molecule has 0 aromatic heterocycles. The van der Waals surface area contributed by atoms with Crippen molar-refractivity contribution in [2.45, 2.75) is 6.92 Å².